The number of phenolic OH excluding ortho intramolecular Hbond substituents is 1. The SMILES string of the molecule is CC[C@H](C)[C@H](NC(O)CNC(=O)[C@H](Cc1ccccc1)NC(=O)[C@H](CC(N)=O)NC(=O)[C@H](Cc1cc(I)c(O)c(I)c1)NC(=O)OC(C)(C)C)C(=O)N[C@H](C(=O)OC)C(C)C. The number of amides is 6. The van der Waals surface area contributed by atoms with Crippen molar-refractivity contribution in [1.82, 2.24) is 31.9 Å². The molecule has 10 N–H and O–H groups in total. The molecule has 0 heterocycles. The summed E-state index contributed by atoms with van der Waals surface area (Å²) in [5.74, 6) is -5.29. The van der Waals surface area contributed by atoms with Crippen molar-refractivity contribution in [2.45, 2.75) is 116 Å². The van der Waals surface area contributed by atoms with Gasteiger partial charge in [-0.2, -0.15) is 0 Å². The molecule has 0 saturated carbocycles. The summed E-state index contributed by atoms with van der Waals surface area (Å²) in [6.07, 6.45) is -2.71. The van der Waals surface area contributed by atoms with Crippen LogP contribution in [-0.2, 0) is 51.1 Å². The number of esters is 1. The number of aliphatic hydroxyl groups excluding tert-OH is 1. The number of phenols is 1. The fraction of sp³-hybridized carbons (Fsp3) is 0.537. The number of hydrogen-bond donors (Lipinski definition) is 9. The molecule has 0 saturated heterocycles. The minimum absolute atomic E-state index is 0.0408. The van der Waals surface area contributed by atoms with E-state index >= 15 is 0 Å². The summed E-state index contributed by atoms with van der Waals surface area (Å²) >= 11 is 3.85. The number of halogens is 2. The van der Waals surface area contributed by atoms with Gasteiger partial charge in [0, 0.05) is 12.8 Å². The van der Waals surface area contributed by atoms with Gasteiger partial charge in [-0.05, 0) is 101 Å². The molecule has 0 aliphatic heterocycles. The number of hydrogen-bond acceptors (Lipinski definition) is 12. The number of aliphatic hydroxyl groups is 1. The van der Waals surface area contributed by atoms with E-state index in [4.69, 9.17) is 15.2 Å². The zero-order chi connectivity index (χ0) is 46.2. The van der Waals surface area contributed by atoms with Gasteiger partial charge < -0.3 is 52.0 Å². The fourth-order valence-corrected chi connectivity index (χ4v) is 7.73. The molecule has 2 aromatic carbocycles. The summed E-state index contributed by atoms with van der Waals surface area (Å²) in [4.78, 5) is 92.4. The molecule has 0 aromatic heterocycles. The average molecular weight is 1080 g/mol. The molecular weight excluding hydrogens is 1020 g/mol. The number of carbonyl (C=O) groups excluding carboxylic acids is 7. The van der Waals surface area contributed by atoms with E-state index in [1.54, 1.807) is 84.0 Å². The van der Waals surface area contributed by atoms with Crippen molar-refractivity contribution in [3.8, 4) is 5.75 Å². The summed E-state index contributed by atoms with van der Waals surface area (Å²) < 4.78 is 11.2. The highest BCUT2D eigenvalue weighted by Crippen LogP contribution is 2.28. The molecule has 6 amide bonds. The van der Waals surface area contributed by atoms with Crippen LogP contribution in [-0.4, -0.2) is 108 Å². The molecule has 2 rings (SSSR count). The van der Waals surface area contributed by atoms with Crippen LogP contribution in [0.4, 0.5) is 4.79 Å². The lowest BCUT2D eigenvalue weighted by atomic mass is 9.96. The van der Waals surface area contributed by atoms with Crippen molar-refractivity contribution >= 4 is 86.8 Å². The maximum absolute atomic E-state index is 13.9. The third-order valence-electron chi connectivity index (χ3n) is 9.23. The van der Waals surface area contributed by atoms with E-state index in [-0.39, 0.29) is 30.4 Å². The van der Waals surface area contributed by atoms with Gasteiger partial charge in [-0.15, -0.1) is 0 Å². The van der Waals surface area contributed by atoms with Gasteiger partial charge in [-0.1, -0.05) is 64.4 Å². The van der Waals surface area contributed by atoms with Crippen molar-refractivity contribution in [3.05, 3.63) is 60.7 Å². The van der Waals surface area contributed by atoms with Gasteiger partial charge in [0.25, 0.3) is 0 Å². The molecule has 61 heavy (non-hydrogen) atoms. The Morgan fingerprint density at radius 1 is 0.770 bits per heavy atom. The first-order chi connectivity index (χ1) is 28.5. The number of benzene rings is 2. The van der Waals surface area contributed by atoms with Crippen molar-refractivity contribution in [2.75, 3.05) is 13.7 Å². The number of nitrogens with two attached hydrogens (primary N) is 1. The van der Waals surface area contributed by atoms with Crippen LogP contribution >= 0.6 is 45.2 Å². The maximum atomic E-state index is 13.9. The highest BCUT2D eigenvalue weighted by atomic mass is 127. The van der Waals surface area contributed by atoms with Crippen LogP contribution in [0.3, 0.4) is 0 Å². The van der Waals surface area contributed by atoms with Gasteiger partial charge in [0.2, 0.25) is 29.5 Å². The van der Waals surface area contributed by atoms with Crippen molar-refractivity contribution in [1.29, 1.82) is 0 Å². The minimum atomic E-state index is -1.61. The van der Waals surface area contributed by atoms with Gasteiger partial charge in [0.15, 0.2) is 0 Å². The van der Waals surface area contributed by atoms with E-state index in [1.807, 2.05) is 52.1 Å². The van der Waals surface area contributed by atoms with E-state index in [1.165, 1.54) is 7.11 Å². The van der Waals surface area contributed by atoms with Gasteiger partial charge in [0.1, 0.15) is 41.7 Å². The van der Waals surface area contributed by atoms with Crippen LogP contribution in [0.15, 0.2) is 42.5 Å². The third-order valence-corrected chi connectivity index (χ3v) is 10.9. The summed E-state index contributed by atoms with van der Waals surface area (Å²) in [5.41, 5.74) is 5.77. The van der Waals surface area contributed by atoms with E-state index in [9.17, 15) is 43.8 Å². The largest absolute Gasteiger partial charge is 0.506 e. The van der Waals surface area contributed by atoms with Crippen LogP contribution < -0.4 is 37.6 Å². The molecule has 0 spiro atoms. The molecule has 0 bridgehead atoms. The number of carbonyl (C=O) groups is 7. The third kappa shape index (κ3) is 18.3. The zero-order valence-corrected chi connectivity index (χ0v) is 39.9. The standard InChI is InChI=1S/C41H59I2N7O11/c1-9-22(4)33(38(57)50-32(21(2)3)39(58)60-8)49-31(52)20-45-35(54)27(17-23-13-11-10-12-14-23)46-37(56)29(19-30(44)51)47-36(55)28(48-40(59)61-41(5,6)7)18-24-15-25(42)34(53)26(43)16-24/h10-16,21-22,27-29,31-33,49,52-53H,9,17-20H2,1-8H3,(H2,44,51)(H,45,54)(H,46,56)(H,47,55)(H,48,59)(H,50,57)/t22-,27-,28-,29-,31?,32-,33-/m0/s1. The second-order valence-corrected chi connectivity index (χ2v) is 18.2. The first-order valence-electron chi connectivity index (χ1n) is 19.7. The predicted octanol–water partition coefficient (Wildman–Crippen LogP) is 1.88. The van der Waals surface area contributed by atoms with Crippen LogP contribution in [0, 0.1) is 19.0 Å². The number of methoxy groups -OCH3 is 1. The smallest absolute Gasteiger partial charge is 0.408 e. The van der Waals surface area contributed by atoms with Gasteiger partial charge >= 0.3 is 12.1 Å². The Hall–Kier alpha value is -4.29. The molecule has 2 aromatic rings. The van der Waals surface area contributed by atoms with Crippen LogP contribution in [0.25, 0.3) is 0 Å². The molecule has 0 fully saturated rings. The summed E-state index contributed by atoms with van der Waals surface area (Å²) in [7, 11) is 1.21. The minimum Gasteiger partial charge on any atom is -0.506 e. The lowest BCUT2D eigenvalue weighted by molar-refractivity contribution is -0.147. The Labute approximate surface area is 383 Å². The van der Waals surface area contributed by atoms with Crippen LogP contribution in [0.5, 0.6) is 5.75 Å². The predicted molar refractivity (Wildman–Crippen MR) is 242 cm³/mol. The normalized spacial score (nSPS) is 14.8. The van der Waals surface area contributed by atoms with E-state index in [0.29, 0.717) is 24.7 Å². The fourth-order valence-electron chi connectivity index (χ4n) is 5.83. The molecular formula is C41H59I2N7O11. The van der Waals surface area contributed by atoms with Crippen molar-refractivity contribution in [2.24, 2.45) is 17.6 Å². The Morgan fingerprint density at radius 2 is 1.31 bits per heavy atom. The zero-order valence-electron chi connectivity index (χ0n) is 35.6. The number of rotatable bonds is 22. The molecule has 7 atom stereocenters. The first-order valence-corrected chi connectivity index (χ1v) is 21.8. The van der Waals surface area contributed by atoms with Gasteiger partial charge in [-0.3, -0.25) is 29.3 Å². The van der Waals surface area contributed by atoms with Gasteiger partial charge in [-0.25, -0.2) is 9.59 Å². The number of aromatic hydroxyl groups is 1. The van der Waals surface area contributed by atoms with E-state index in [0.717, 1.165) is 0 Å². The van der Waals surface area contributed by atoms with Crippen LogP contribution in [0.2, 0.25) is 0 Å². The average Bonchev–Trinajstić information content (AvgIpc) is 3.17. The topological polar surface area (TPSA) is 277 Å². The number of primary amides is 1. The van der Waals surface area contributed by atoms with Crippen molar-refractivity contribution < 1.29 is 53.2 Å². The Bertz CT molecular complexity index is 1820. The van der Waals surface area contributed by atoms with Crippen molar-refractivity contribution in [3.63, 3.8) is 0 Å². The summed E-state index contributed by atoms with van der Waals surface area (Å²) in [5, 5.41) is 36.9. The lowest BCUT2D eigenvalue weighted by Gasteiger charge is -2.29. The molecule has 0 radical (unpaired) electrons. The highest BCUT2D eigenvalue weighted by Gasteiger charge is 2.34. The second-order valence-electron chi connectivity index (χ2n) is 15.8. The first kappa shape index (κ1) is 52.8. The van der Waals surface area contributed by atoms with E-state index in [2.05, 4.69) is 31.9 Å². The van der Waals surface area contributed by atoms with E-state index < -0.39 is 96.6 Å². The highest BCUT2D eigenvalue weighted by molar-refractivity contribution is 14.1. The molecule has 20 heteroatoms. The maximum Gasteiger partial charge on any atom is 0.408 e. The molecule has 1 unspecified atom stereocenters. The second kappa shape index (κ2) is 25.0. The molecule has 0 aliphatic carbocycles. The molecule has 18 nitrogen and oxygen atoms in total. The number of nitrogens with one attached hydrogen (secondary N) is 6. The molecule has 0 aliphatic rings. The Balaban J connectivity index is 2.35. The quantitative estimate of drug-likeness (QED) is 0.0465. The molecule has 338 valence electrons. The Kier molecular flexibility index (Phi) is 21.6. The summed E-state index contributed by atoms with van der Waals surface area (Å²) in [6.45, 7) is 11.6. The lowest BCUT2D eigenvalue weighted by Crippen LogP contribution is -2.59. The number of alkyl carbamates (subject to hydrolysis) is 1. The number of ether oxygens (including phenoxy) is 2. The Morgan fingerprint density at radius 3 is 1.84 bits per heavy atom. The monoisotopic (exact) mass is 1080 g/mol. The van der Waals surface area contributed by atoms with Crippen LogP contribution in [0.1, 0.15) is 72.4 Å². The summed E-state index contributed by atoms with van der Waals surface area (Å²) in [6, 6.07) is 5.72. The van der Waals surface area contributed by atoms with Gasteiger partial charge in [0.05, 0.1) is 33.3 Å².